The fraction of sp³-hybridized carbons (Fsp3) is 0.538. The zero-order chi connectivity index (χ0) is 27.2. The van der Waals surface area contributed by atoms with Crippen LogP contribution in [0.1, 0.15) is 44.9 Å². The van der Waals surface area contributed by atoms with Crippen molar-refractivity contribution < 1.29 is 24.2 Å². The largest absolute Gasteiger partial charge is 0.391 e. The molecule has 2 heterocycles. The van der Waals surface area contributed by atoms with Crippen LogP contribution in [0.5, 0.6) is 0 Å². The number of nitrogens with zero attached hydrogens (tertiary/aromatic N) is 2. The van der Waals surface area contributed by atoms with E-state index >= 15 is 0 Å². The third-order valence-electron chi connectivity index (χ3n) is 6.30. The fourth-order valence-electron chi connectivity index (χ4n) is 4.26. The number of aromatic nitrogens is 1. The summed E-state index contributed by atoms with van der Waals surface area (Å²) in [6, 6.07) is 6.17. The second-order valence-electron chi connectivity index (χ2n) is 10.3. The first kappa shape index (κ1) is 28.7. The van der Waals surface area contributed by atoms with E-state index in [-0.39, 0.29) is 51.1 Å². The van der Waals surface area contributed by atoms with E-state index in [4.69, 9.17) is 10.5 Å². The Balaban J connectivity index is 1.65. The third kappa shape index (κ3) is 7.57. The van der Waals surface area contributed by atoms with Gasteiger partial charge in [0.05, 0.1) is 41.9 Å². The van der Waals surface area contributed by atoms with Crippen LogP contribution in [0.3, 0.4) is 0 Å². The van der Waals surface area contributed by atoms with Gasteiger partial charge in [0.2, 0.25) is 17.7 Å². The highest BCUT2D eigenvalue weighted by atomic mass is 32.1. The molecule has 1 aliphatic heterocycles. The monoisotopic (exact) mass is 531 g/mol. The molecule has 1 aliphatic rings. The summed E-state index contributed by atoms with van der Waals surface area (Å²) in [6.45, 7) is 7.95. The van der Waals surface area contributed by atoms with Gasteiger partial charge in [0.1, 0.15) is 12.1 Å². The second-order valence-corrected chi connectivity index (χ2v) is 11.1. The number of β-amino-alcohol motifs (C(OH)–C–C–N with tert-alkyl or cyclic N) is 1. The van der Waals surface area contributed by atoms with Crippen LogP contribution in [0.15, 0.2) is 29.8 Å². The number of carbonyl (C=O) groups excluding carboxylic acids is 3. The number of nitrogens with two attached hydrogens (primary N) is 1. The molecule has 202 valence electrons. The third-order valence-corrected chi connectivity index (χ3v) is 7.28. The minimum Gasteiger partial charge on any atom is -0.391 e. The number of hydrogen-bond acceptors (Lipinski definition) is 8. The topological polar surface area (TPSA) is 147 Å². The molecule has 2 unspecified atom stereocenters. The van der Waals surface area contributed by atoms with Crippen LogP contribution in [-0.2, 0) is 25.7 Å². The first-order valence-electron chi connectivity index (χ1n) is 12.3. The minimum atomic E-state index is -0.874. The number of thiazole rings is 1. The molecule has 10 nitrogen and oxygen atoms in total. The molecule has 5 N–H and O–H groups in total. The molecule has 11 heteroatoms. The van der Waals surface area contributed by atoms with Crippen molar-refractivity contribution >= 4 is 29.1 Å². The minimum absolute atomic E-state index is 0.00724. The standard InChI is InChI=1S/C26H37N5O5S/c1-16-22(37-15-29-16)18-7-5-17(6-8-18)12-28-24(34)20-11-19(32)13-31(20)25(35)23(26(2,3)4)30-21(33)9-10-36-14-27/h5-8,15,19-20,23,32H,9-14,27H2,1-4H3,(H,28,34)(H,30,33)/t19?,20?,23-/m1/s1. The van der Waals surface area contributed by atoms with Gasteiger partial charge in [-0.25, -0.2) is 4.98 Å². The molecule has 0 saturated carbocycles. The predicted octanol–water partition coefficient (Wildman–Crippen LogP) is 1.55. The van der Waals surface area contributed by atoms with Crippen LogP contribution in [0, 0.1) is 12.3 Å². The number of rotatable bonds is 10. The number of aryl methyl sites for hydroxylation is 1. The lowest BCUT2D eigenvalue weighted by molar-refractivity contribution is -0.144. The summed E-state index contributed by atoms with van der Waals surface area (Å²) < 4.78 is 5.02. The van der Waals surface area contributed by atoms with Gasteiger partial charge in [-0.15, -0.1) is 11.3 Å². The van der Waals surface area contributed by atoms with E-state index in [1.54, 1.807) is 11.3 Å². The number of carbonyl (C=O) groups is 3. The van der Waals surface area contributed by atoms with Gasteiger partial charge in [-0.2, -0.15) is 0 Å². The molecule has 0 spiro atoms. The van der Waals surface area contributed by atoms with E-state index in [0.717, 1.165) is 21.7 Å². The SMILES string of the molecule is Cc1ncsc1-c1ccc(CNC(=O)C2CC(O)CN2C(=O)[C@@H](NC(=O)CCOCN)C(C)(C)C)cc1. The van der Waals surface area contributed by atoms with Crippen molar-refractivity contribution in [2.24, 2.45) is 11.1 Å². The van der Waals surface area contributed by atoms with E-state index in [2.05, 4.69) is 15.6 Å². The highest BCUT2D eigenvalue weighted by molar-refractivity contribution is 7.13. The van der Waals surface area contributed by atoms with E-state index in [0.29, 0.717) is 0 Å². The molecule has 3 rings (SSSR count). The molecular formula is C26H37N5O5S. The zero-order valence-electron chi connectivity index (χ0n) is 21.8. The Labute approximate surface area is 221 Å². The average Bonchev–Trinajstić information content (AvgIpc) is 3.46. The molecule has 3 amide bonds. The summed E-state index contributed by atoms with van der Waals surface area (Å²) in [4.78, 5) is 45.8. The molecule has 37 heavy (non-hydrogen) atoms. The summed E-state index contributed by atoms with van der Waals surface area (Å²) in [5, 5.41) is 16.0. The number of aliphatic hydroxyl groups excluding tert-OH is 1. The van der Waals surface area contributed by atoms with Crippen LogP contribution < -0.4 is 16.4 Å². The molecular weight excluding hydrogens is 494 g/mol. The maximum Gasteiger partial charge on any atom is 0.246 e. The van der Waals surface area contributed by atoms with Crippen molar-refractivity contribution in [3.05, 3.63) is 41.0 Å². The van der Waals surface area contributed by atoms with E-state index in [9.17, 15) is 19.5 Å². The van der Waals surface area contributed by atoms with Gasteiger partial charge in [0.25, 0.3) is 0 Å². The maximum absolute atomic E-state index is 13.5. The normalized spacial score (nSPS) is 18.5. The number of nitrogens with one attached hydrogen (secondary N) is 2. The Kier molecular flexibility index (Phi) is 9.77. The Bertz CT molecular complexity index is 1080. The summed E-state index contributed by atoms with van der Waals surface area (Å²) in [6.07, 6.45) is -0.628. The number of ether oxygens (including phenoxy) is 1. The molecule has 1 saturated heterocycles. The maximum atomic E-state index is 13.5. The highest BCUT2D eigenvalue weighted by Gasteiger charge is 2.44. The molecule has 0 bridgehead atoms. The number of aliphatic hydroxyl groups is 1. The van der Waals surface area contributed by atoms with Gasteiger partial charge in [0.15, 0.2) is 0 Å². The first-order valence-corrected chi connectivity index (χ1v) is 13.2. The molecule has 3 atom stereocenters. The number of amides is 3. The quantitative estimate of drug-likeness (QED) is 0.269. The van der Waals surface area contributed by atoms with Gasteiger partial charge in [0, 0.05) is 19.5 Å². The van der Waals surface area contributed by atoms with Crippen LogP contribution in [0.25, 0.3) is 10.4 Å². The summed E-state index contributed by atoms with van der Waals surface area (Å²) >= 11 is 1.58. The van der Waals surface area contributed by atoms with Crippen LogP contribution in [-0.4, -0.2) is 70.8 Å². The number of benzene rings is 1. The van der Waals surface area contributed by atoms with Crippen LogP contribution in [0.2, 0.25) is 0 Å². The van der Waals surface area contributed by atoms with E-state index < -0.39 is 29.5 Å². The number of hydrogen-bond donors (Lipinski definition) is 4. The molecule has 1 fully saturated rings. The molecule has 0 radical (unpaired) electrons. The Morgan fingerprint density at radius 2 is 1.97 bits per heavy atom. The van der Waals surface area contributed by atoms with Crippen molar-refractivity contribution in [2.75, 3.05) is 19.9 Å². The summed E-state index contributed by atoms with van der Waals surface area (Å²) in [5.74, 6) is -1.09. The lowest BCUT2D eigenvalue weighted by Gasteiger charge is -2.35. The number of likely N-dealkylation sites (tertiary alicyclic amines) is 1. The van der Waals surface area contributed by atoms with Crippen molar-refractivity contribution in [3.63, 3.8) is 0 Å². The van der Waals surface area contributed by atoms with Crippen molar-refractivity contribution in [1.82, 2.24) is 20.5 Å². The Morgan fingerprint density at radius 3 is 2.57 bits per heavy atom. The molecule has 2 aromatic rings. The summed E-state index contributed by atoms with van der Waals surface area (Å²) in [7, 11) is 0. The van der Waals surface area contributed by atoms with Gasteiger partial charge in [-0.1, -0.05) is 45.0 Å². The zero-order valence-corrected chi connectivity index (χ0v) is 22.6. The predicted molar refractivity (Wildman–Crippen MR) is 141 cm³/mol. The lowest BCUT2D eigenvalue weighted by Crippen LogP contribution is -2.57. The Hall–Kier alpha value is -2.86. The van der Waals surface area contributed by atoms with E-state index in [1.165, 1.54) is 4.90 Å². The molecule has 0 aliphatic carbocycles. The van der Waals surface area contributed by atoms with Gasteiger partial charge in [-0.05, 0) is 23.5 Å². The smallest absolute Gasteiger partial charge is 0.246 e. The lowest BCUT2D eigenvalue weighted by atomic mass is 9.85. The van der Waals surface area contributed by atoms with Gasteiger partial charge in [-0.3, -0.25) is 14.4 Å². The van der Waals surface area contributed by atoms with Crippen molar-refractivity contribution in [3.8, 4) is 10.4 Å². The van der Waals surface area contributed by atoms with Gasteiger partial charge < -0.3 is 31.1 Å². The fourth-order valence-corrected chi connectivity index (χ4v) is 5.07. The van der Waals surface area contributed by atoms with Crippen LogP contribution in [0.4, 0.5) is 0 Å². The van der Waals surface area contributed by atoms with E-state index in [1.807, 2.05) is 57.5 Å². The van der Waals surface area contributed by atoms with Crippen molar-refractivity contribution in [1.29, 1.82) is 0 Å². The second kappa shape index (κ2) is 12.6. The highest BCUT2D eigenvalue weighted by Crippen LogP contribution is 2.28. The molecule has 1 aromatic heterocycles. The Morgan fingerprint density at radius 1 is 1.27 bits per heavy atom. The van der Waals surface area contributed by atoms with Crippen LogP contribution >= 0.6 is 11.3 Å². The van der Waals surface area contributed by atoms with Crippen molar-refractivity contribution in [2.45, 2.75) is 65.3 Å². The van der Waals surface area contributed by atoms with Gasteiger partial charge >= 0.3 is 0 Å². The first-order chi connectivity index (χ1) is 17.5. The average molecular weight is 532 g/mol. The molecule has 1 aromatic carbocycles. The summed E-state index contributed by atoms with van der Waals surface area (Å²) in [5.41, 5.74) is 9.44.